The van der Waals surface area contributed by atoms with Gasteiger partial charge in [-0.15, -0.1) is 0 Å². The molecule has 0 aliphatic carbocycles. The molecule has 4 rings (SSSR count). The van der Waals surface area contributed by atoms with Crippen LogP contribution in [-0.4, -0.2) is 30.4 Å². The van der Waals surface area contributed by atoms with Gasteiger partial charge in [0.25, 0.3) is 0 Å². The maximum absolute atomic E-state index is 12.3. The highest BCUT2D eigenvalue weighted by Crippen LogP contribution is 2.19. The Balaban J connectivity index is 1.44. The van der Waals surface area contributed by atoms with Crippen LogP contribution in [0.1, 0.15) is 11.3 Å². The van der Waals surface area contributed by atoms with E-state index in [0.29, 0.717) is 18.1 Å². The number of carbonyl (C=O) groups excluding carboxylic acids is 1. The first-order chi connectivity index (χ1) is 14.0. The standard InChI is InChI=1S/C20H18N6O3/c1-14-11-19(26(28)29)23-25(14)13-20(27)21-18-9-10-24(22-18)12-16-7-4-6-15-5-2-3-8-17(15)16/h2-11H,12-13H2,1H3,(H,21,22,27). The van der Waals surface area contributed by atoms with Gasteiger partial charge in [-0.25, -0.2) is 0 Å². The van der Waals surface area contributed by atoms with Crippen LogP contribution in [0.3, 0.4) is 0 Å². The van der Waals surface area contributed by atoms with Gasteiger partial charge in [0.05, 0.1) is 23.4 Å². The Morgan fingerprint density at radius 1 is 1.14 bits per heavy atom. The van der Waals surface area contributed by atoms with Crippen molar-refractivity contribution in [1.82, 2.24) is 19.6 Å². The first-order valence-corrected chi connectivity index (χ1v) is 8.98. The van der Waals surface area contributed by atoms with Gasteiger partial charge >= 0.3 is 5.82 Å². The maximum atomic E-state index is 12.3. The second-order valence-corrected chi connectivity index (χ2v) is 6.64. The van der Waals surface area contributed by atoms with Crippen molar-refractivity contribution in [3.63, 3.8) is 0 Å². The number of aromatic nitrogens is 4. The normalized spacial score (nSPS) is 10.9. The molecule has 2 aromatic heterocycles. The van der Waals surface area contributed by atoms with Crippen LogP contribution in [0, 0.1) is 17.0 Å². The number of nitro groups is 1. The van der Waals surface area contributed by atoms with Gasteiger partial charge in [0, 0.05) is 12.3 Å². The molecule has 0 saturated carbocycles. The van der Waals surface area contributed by atoms with E-state index in [0.717, 1.165) is 16.3 Å². The molecule has 0 aliphatic rings. The largest absolute Gasteiger partial charge is 0.390 e. The van der Waals surface area contributed by atoms with Crippen molar-refractivity contribution in [2.24, 2.45) is 0 Å². The summed E-state index contributed by atoms with van der Waals surface area (Å²) in [4.78, 5) is 22.5. The number of nitrogens with one attached hydrogen (secondary N) is 1. The minimum atomic E-state index is -0.587. The van der Waals surface area contributed by atoms with Crippen molar-refractivity contribution in [3.05, 3.63) is 82.2 Å². The zero-order valence-corrected chi connectivity index (χ0v) is 15.6. The summed E-state index contributed by atoms with van der Waals surface area (Å²) in [6.45, 7) is 2.10. The third-order valence-electron chi connectivity index (χ3n) is 4.57. The van der Waals surface area contributed by atoms with E-state index in [-0.39, 0.29) is 18.3 Å². The molecule has 1 amide bonds. The minimum Gasteiger partial charge on any atom is -0.358 e. The summed E-state index contributed by atoms with van der Waals surface area (Å²) in [6, 6.07) is 17.3. The number of benzene rings is 2. The summed E-state index contributed by atoms with van der Waals surface area (Å²) < 4.78 is 3.04. The van der Waals surface area contributed by atoms with Gasteiger partial charge in [-0.05, 0) is 28.2 Å². The molecule has 2 aromatic carbocycles. The lowest BCUT2D eigenvalue weighted by Crippen LogP contribution is -2.20. The topological polar surface area (TPSA) is 108 Å². The summed E-state index contributed by atoms with van der Waals surface area (Å²) in [6.07, 6.45) is 1.79. The van der Waals surface area contributed by atoms with Gasteiger partial charge in [0.15, 0.2) is 5.82 Å². The number of anilines is 1. The van der Waals surface area contributed by atoms with E-state index < -0.39 is 4.92 Å². The fourth-order valence-corrected chi connectivity index (χ4v) is 3.18. The third kappa shape index (κ3) is 3.98. The van der Waals surface area contributed by atoms with Gasteiger partial charge in [0.2, 0.25) is 5.91 Å². The predicted molar refractivity (Wildman–Crippen MR) is 108 cm³/mol. The molecule has 2 heterocycles. The highest BCUT2D eigenvalue weighted by Gasteiger charge is 2.18. The van der Waals surface area contributed by atoms with E-state index in [2.05, 4.69) is 39.8 Å². The van der Waals surface area contributed by atoms with Crippen LogP contribution in [0.5, 0.6) is 0 Å². The Morgan fingerprint density at radius 2 is 1.93 bits per heavy atom. The van der Waals surface area contributed by atoms with Crippen LogP contribution in [0.4, 0.5) is 11.6 Å². The molecule has 0 saturated heterocycles. The first kappa shape index (κ1) is 18.4. The lowest BCUT2D eigenvalue weighted by Gasteiger charge is -2.07. The quantitative estimate of drug-likeness (QED) is 0.402. The Hall–Kier alpha value is -4.01. The third-order valence-corrected chi connectivity index (χ3v) is 4.57. The van der Waals surface area contributed by atoms with Crippen molar-refractivity contribution < 1.29 is 9.72 Å². The number of rotatable bonds is 6. The highest BCUT2D eigenvalue weighted by molar-refractivity contribution is 5.89. The number of hydrogen-bond donors (Lipinski definition) is 1. The smallest absolute Gasteiger partial charge is 0.358 e. The van der Waals surface area contributed by atoms with Crippen LogP contribution < -0.4 is 5.32 Å². The van der Waals surface area contributed by atoms with Gasteiger partial charge in [0.1, 0.15) is 6.54 Å². The fourth-order valence-electron chi connectivity index (χ4n) is 3.18. The molecule has 0 fully saturated rings. The molecular formula is C20H18N6O3. The SMILES string of the molecule is Cc1cc([N+](=O)[O-])nn1CC(=O)Nc1ccn(Cc2cccc3ccccc23)n1. The molecule has 146 valence electrons. The molecule has 9 heteroatoms. The average Bonchev–Trinajstić information content (AvgIpc) is 3.29. The van der Waals surface area contributed by atoms with Gasteiger partial charge in [-0.1, -0.05) is 42.5 Å². The Kier molecular flexibility index (Phi) is 4.78. The van der Waals surface area contributed by atoms with E-state index in [4.69, 9.17) is 0 Å². The first-order valence-electron chi connectivity index (χ1n) is 8.98. The monoisotopic (exact) mass is 390 g/mol. The molecule has 4 aromatic rings. The number of amides is 1. The number of hydrogen-bond acceptors (Lipinski definition) is 5. The van der Waals surface area contributed by atoms with Crippen LogP contribution in [0.2, 0.25) is 0 Å². The maximum Gasteiger partial charge on any atom is 0.390 e. The second-order valence-electron chi connectivity index (χ2n) is 6.64. The molecular weight excluding hydrogens is 372 g/mol. The Bertz CT molecular complexity index is 1200. The number of aryl methyl sites for hydroxylation is 1. The molecule has 0 radical (unpaired) electrons. The van der Waals surface area contributed by atoms with Gasteiger partial charge in [-0.3, -0.25) is 9.48 Å². The van der Waals surface area contributed by atoms with Crippen molar-refractivity contribution in [2.45, 2.75) is 20.0 Å². The minimum absolute atomic E-state index is 0.129. The summed E-state index contributed by atoms with van der Waals surface area (Å²) in [5.74, 6) is -0.231. The van der Waals surface area contributed by atoms with E-state index in [1.807, 2.05) is 18.2 Å². The van der Waals surface area contributed by atoms with E-state index in [1.165, 1.54) is 10.7 Å². The van der Waals surface area contributed by atoms with Crippen LogP contribution in [0.15, 0.2) is 60.8 Å². The average molecular weight is 390 g/mol. The van der Waals surface area contributed by atoms with Crippen LogP contribution >= 0.6 is 0 Å². The van der Waals surface area contributed by atoms with Crippen molar-refractivity contribution in [3.8, 4) is 0 Å². The molecule has 0 atom stereocenters. The van der Waals surface area contributed by atoms with E-state index in [1.54, 1.807) is 23.9 Å². The van der Waals surface area contributed by atoms with Crippen LogP contribution in [-0.2, 0) is 17.9 Å². The summed E-state index contributed by atoms with van der Waals surface area (Å²) in [5.41, 5.74) is 1.66. The number of carbonyl (C=O) groups is 1. The predicted octanol–water partition coefficient (Wildman–Crippen LogP) is 3.14. The number of nitrogens with zero attached hydrogens (tertiary/aromatic N) is 5. The second kappa shape index (κ2) is 7.55. The fraction of sp³-hybridized carbons (Fsp3) is 0.150. The molecule has 0 spiro atoms. The lowest BCUT2D eigenvalue weighted by atomic mass is 10.0. The molecule has 0 unspecified atom stereocenters. The van der Waals surface area contributed by atoms with E-state index >= 15 is 0 Å². The highest BCUT2D eigenvalue weighted by atomic mass is 16.6. The van der Waals surface area contributed by atoms with Crippen molar-refractivity contribution in [2.75, 3.05) is 5.32 Å². The van der Waals surface area contributed by atoms with Crippen LogP contribution in [0.25, 0.3) is 10.8 Å². The number of fused-ring (bicyclic) bond motifs is 1. The van der Waals surface area contributed by atoms with Crippen molar-refractivity contribution in [1.29, 1.82) is 0 Å². The lowest BCUT2D eigenvalue weighted by molar-refractivity contribution is -0.389. The van der Waals surface area contributed by atoms with Gasteiger partial charge in [-0.2, -0.15) is 9.78 Å². The van der Waals surface area contributed by atoms with Gasteiger partial charge < -0.3 is 15.4 Å². The van der Waals surface area contributed by atoms with E-state index in [9.17, 15) is 14.9 Å². The molecule has 29 heavy (non-hydrogen) atoms. The molecule has 9 nitrogen and oxygen atoms in total. The molecule has 0 bridgehead atoms. The van der Waals surface area contributed by atoms with Crippen molar-refractivity contribution >= 4 is 28.3 Å². The molecule has 1 N–H and O–H groups in total. The summed E-state index contributed by atoms with van der Waals surface area (Å²) in [5, 5.41) is 24.0. The summed E-state index contributed by atoms with van der Waals surface area (Å²) in [7, 11) is 0. The summed E-state index contributed by atoms with van der Waals surface area (Å²) >= 11 is 0. The Morgan fingerprint density at radius 3 is 2.72 bits per heavy atom. The zero-order chi connectivity index (χ0) is 20.4. The zero-order valence-electron chi connectivity index (χ0n) is 15.6. The Labute approximate surface area is 165 Å². The molecule has 0 aliphatic heterocycles.